The molecule has 0 bridgehead atoms. The third-order valence-corrected chi connectivity index (χ3v) is 3.90. The lowest BCUT2D eigenvalue weighted by molar-refractivity contribution is -0.136. The smallest absolute Gasteiger partial charge is 0.223 e. The molecule has 1 aliphatic heterocycles. The summed E-state index contributed by atoms with van der Waals surface area (Å²) in [6, 6.07) is 10.5. The van der Waals surface area contributed by atoms with E-state index in [1.54, 1.807) is 0 Å². The lowest BCUT2D eigenvalue weighted by Crippen LogP contribution is -2.49. The van der Waals surface area contributed by atoms with Crippen molar-refractivity contribution in [1.29, 1.82) is 0 Å². The number of carbonyl (C=O) groups excluding carboxylic acids is 1. The normalized spacial score (nSPS) is 21.8. The molecule has 1 amide bonds. The Kier molecular flexibility index (Phi) is 5.15. The van der Waals surface area contributed by atoms with E-state index in [1.807, 2.05) is 30.0 Å². The zero-order valence-electron chi connectivity index (χ0n) is 12.5. The first kappa shape index (κ1) is 15.0. The second-order valence-electron chi connectivity index (χ2n) is 5.79. The third-order valence-electron chi connectivity index (χ3n) is 3.90. The molecule has 2 atom stereocenters. The largest absolute Gasteiger partial charge is 0.333 e. The summed E-state index contributed by atoms with van der Waals surface area (Å²) in [6.45, 7) is 4.58. The minimum Gasteiger partial charge on any atom is -0.333 e. The summed E-state index contributed by atoms with van der Waals surface area (Å²) in [5.74, 6) is 0.226. The summed E-state index contributed by atoms with van der Waals surface area (Å²) in [5, 5.41) is 0. The highest BCUT2D eigenvalue weighted by atomic mass is 16.2. The van der Waals surface area contributed by atoms with Gasteiger partial charge in [-0.1, -0.05) is 30.3 Å². The first-order valence-corrected chi connectivity index (χ1v) is 7.36. The van der Waals surface area contributed by atoms with E-state index in [0.29, 0.717) is 6.42 Å². The molecule has 2 unspecified atom stereocenters. The van der Waals surface area contributed by atoms with Crippen LogP contribution in [-0.2, 0) is 4.79 Å². The van der Waals surface area contributed by atoms with Gasteiger partial charge in [0.05, 0.1) is 6.04 Å². The molecule has 110 valence electrons. The molecule has 0 saturated carbocycles. The third kappa shape index (κ3) is 3.81. The summed E-state index contributed by atoms with van der Waals surface area (Å²) in [4.78, 5) is 16.8. The van der Waals surface area contributed by atoms with Crippen LogP contribution in [0.3, 0.4) is 0 Å². The molecule has 1 saturated heterocycles. The standard InChI is InChI=1S/C16H25N3O/c1-13(17)8-9-16(20)19-11-10-18(2)12-15(19)14-6-4-3-5-7-14/h3-7,13,15H,8-12,17H2,1-2H3. The molecule has 0 aliphatic carbocycles. The van der Waals surface area contributed by atoms with Crippen molar-refractivity contribution in [3.8, 4) is 0 Å². The predicted octanol–water partition coefficient (Wildman–Crippen LogP) is 1.63. The van der Waals surface area contributed by atoms with Gasteiger partial charge in [-0.25, -0.2) is 0 Å². The van der Waals surface area contributed by atoms with Crippen LogP contribution in [0.5, 0.6) is 0 Å². The maximum atomic E-state index is 12.4. The number of amides is 1. The van der Waals surface area contributed by atoms with Gasteiger partial charge >= 0.3 is 0 Å². The molecule has 1 aromatic rings. The van der Waals surface area contributed by atoms with Gasteiger partial charge in [0.2, 0.25) is 5.91 Å². The van der Waals surface area contributed by atoms with Crippen LogP contribution in [0.4, 0.5) is 0 Å². The summed E-state index contributed by atoms with van der Waals surface area (Å²) >= 11 is 0. The highest BCUT2D eigenvalue weighted by molar-refractivity contribution is 5.77. The van der Waals surface area contributed by atoms with Crippen molar-refractivity contribution >= 4 is 5.91 Å². The minimum atomic E-state index is 0.0848. The van der Waals surface area contributed by atoms with E-state index in [1.165, 1.54) is 5.56 Å². The Bertz CT molecular complexity index is 433. The fourth-order valence-electron chi connectivity index (χ4n) is 2.67. The fourth-order valence-corrected chi connectivity index (χ4v) is 2.67. The number of hydrogen-bond acceptors (Lipinski definition) is 3. The molecule has 0 aromatic heterocycles. The van der Waals surface area contributed by atoms with Gasteiger partial charge in [-0.3, -0.25) is 4.79 Å². The Labute approximate surface area is 121 Å². The maximum absolute atomic E-state index is 12.4. The van der Waals surface area contributed by atoms with E-state index in [2.05, 4.69) is 24.1 Å². The lowest BCUT2D eigenvalue weighted by atomic mass is 10.0. The van der Waals surface area contributed by atoms with Crippen LogP contribution in [0.25, 0.3) is 0 Å². The topological polar surface area (TPSA) is 49.6 Å². The number of hydrogen-bond donors (Lipinski definition) is 1. The van der Waals surface area contributed by atoms with Crippen LogP contribution in [0, 0.1) is 0 Å². The van der Waals surface area contributed by atoms with Gasteiger partial charge in [-0.15, -0.1) is 0 Å². The Balaban J connectivity index is 2.10. The Morgan fingerprint density at radius 2 is 2.05 bits per heavy atom. The summed E-state index contributed by atoms with van der Waals surface area (Å²) in [6.07, 6.45) is 1.30. The molecular formula is C16H25N3O. The summed E-state index contributed by atoms with van der Waals surface area (Å²) < 4.78 is 0. The van der Waals surface area contributed by atoms with Crippen molar-refractivity contribution in [2.24, 2.45) is 5.73 Å². The molecule has 1 heterocycles. The molecule has 4 heteroatoms. The van der Waals surface area contributed by atoms with Crippen LogP contribution in [0.15, 0.2) is 30.3 Å². The van der Waals surface area contributed by atoms with Crippen molar-refractivity contribution < 1.29 is 4.79 Å². The van der Waals surface area contributed by atoms with Crippen LogP contribution in [-0.4, -0.2) is 48.4 Å². The van der Waals surface area contributed by atoms with Gasteiger partial charge in [-0.05, 0) is 26.0 Å². The summed E-state index contributed by atoms with van der Waals surface area (Å²) in [5.41, 5.74) is 6.98. The average molecular weight is 275 g/mol. The fraction of sp³-hybridized carbons (Fsp3) is 0.562. The van der Waals surface area contributed by atoms with E-state index < -0.39 is 0 Å². The van der Waals surface area contributed by atoms with E-state index >= 15 is 0 Å². The molecule has 1 aliphatic rings. The zero-order chi connectivity index (χ0) is 14.5. The molecular weight excluding hydrogens is 250 g/mol. The molecule has 1 fully saturated rings. The minimum absolute atomic E-state index is 0.0848. The van der Waals surface area contributed by atoms with Gasteiger partial charge in [0.1, 0.15) is 0 Å². The SMILES string of the molecule is CC(N)CCC(=O)N1CCN(C)CC1c1ccccc1. The quantitative estimate of drug-likeness (QED) is 0.908. The zero-order valence-corrected chi connectivity index (χ0v) is 12.5. The van der Waals surface area contributed by atoms with Gasteiger partial charge in [-0.2, -0.15) is 0 Å². The number of nitrogens with two attached hydrogens (primary N) is 1. The number of rotatable bonds is 4. The molecule has 2 N–H and O–H groups in total. The van der Waals surface area contributed by atoms with E-state index in [9.17, 15) is 4.79 Å². The van der Waals surface area contributed by atoms with Crippen molar-refractivity contribution in [1.82, 2.24) is 9.80 Å². The molecule has 20 heavy (non-hydrogen) atoms. The van der Waals surface area contributed by atoms with Crippen molar-refractivity contribution in [3.63, 3.8) is 0 Å². The summed E-state index contributed by atoms with van der Waals surface area (Å²) in [7, 11) is 2.11. The van der Waals surface area contributed by atoms with Gasteiger partial charge in [0.15, 0.2) is 0 Å². The van der Waals surface area contributed by atoms with E-state index in [0.717, 1.165) is 26.1 Å². The lowest BCUT2D eigenvalue weighted by Gasteiger charge is -2.40. The van der Waals surface area contributed by atoms with Gasteiger partial charge in [0, 0.05) is 32.1 Å². The second kappa shape index (κ2) is 6.86. The Morgan fingerprint density at radius 3 is 2.70 bits per heavy atom. The average Bonchev–Trinajstić information content (AvgIpc) is 2.45. The monoisotopic (exact) mass is 275 g/mol. The van der Waals surface area contributed by atoms with E-state index in [4.69, 9.17) is 5.73 Å². The number of carbonyl (C=O) groups is 1. The van der Waals surface area contributed by atoms with Crippen molar-refractivity contribution in [2.45, 2.75) is 31.8 Å². The van der Waals surface area contributed by atoms with E-state index in [-0.39, 0.29) is 18.0 Å². The van der Waals surface area contributed by atoms with Gasteiger partial charge in [0.25, 0.3) is 0 Å². The van der Waals surface area contributed by atoms with Crippen LogP contribution in [0.2, 0.25) is 0 Å². The van der Waals surface area contributed by atoms with Crippen LogP contribution in [0.1, 0.15) is 31.4 Å². The number of nitrogens with zero attached hydrogens (tertiary/aromatic N) is 2. The van der Waals surface area contributed by atoms with Crippen molar-refractivity contribution in [2.75, 3.05) is 26.7 Å². The first-order valence-electron chi connectivity index (χ1n) is 7.36. The molecule has 1 aromatic carbocycles. The molecule has 2 rings (SSSR count). The number of likely N-dealkylation sites (N-methyl/N-ethyl adjacent to an activating group) is 1. The number of piperazine rings is 1. The highest BCUT2D eigenvalue weighted by Gasteiger charge is 2.29. The van der Waals surface area contributed by atoms with Crippen LogP contribution < -0.4 is 5.73 Å². The predicted molar refractivity (Wildman–Crippen MR) is 81.3 cm³/mol. The highest BCUT2D eigenvalue weighted by Crippen LogP contribution is 2.25. The van der Waals surface area contributed by atoms with Crippen molar-refractivity contribution in [3.05, 3.63) is 35.9 Å². The molecule has 0 spiro atoms. The maximum Gasteiger partial charge on any atom is 0.223 e. The molecule has 0 radical (unpaired) electrons. The second-order valence-corrected chi connectivity index (χ2v) is 5.79. The first-order chi connectivity index (χ1) is 9.58. The van der Waals surface area contributed by atoms with Gasteiger partial charge < -0.3 is 15.5 Å². The Morgan fingerprint density at radius 1 is 1.35 bits per heavy atom. The molecule has 4 nitrogen and oxygen atoms in total. The Hall–Kier alpha value is -1.39. The van der Waals surface area contributed by atoms with Crippen LogP contribution >= 0.6 is 0 Å². The number of benzene rings is 1.